The molecule has 0 saturated heterocycles. The van der Waals surface area contributed by atoms with Crippen molar-refractivity contribution in [1.82, 2.24) is 15.3 Å². The molecular weight excluding hydrogens is 348 g/mol. The van der Waals surface area contributed by atoms with Crippen LogP contribution in [0.3, 0.4) is 0 Å². The molecule has 1 aliphatic rings. The van der Waals surface area contributed by atoms with E-state index in [1.54, 1.807) is 11.3 Å². The molecule has 142 valence electrons. The largest absolute Gasteiger partial charge is 0.349 e. The number of rotatable bonds is 5. The van der Waals surface area contributed by atoms with Gasteiger partial charge in [-0.05, 0) is 51.5 Å². The lowest BCUT2D eigenvalue weighted by molar-refractivity contribution is -0.903. The van der Waals surface area contributed by atoms with Gasteiger partial charge in [-0.3, -0.25) is 9.59 Å². The molecule has 2 heterocycles. The third kappa shape index (κ3) is 3.83. The van der Waals surface area contributed by atoms with Crippen molar-refractivity contribution in [3.8, 4) is 0 Å². The summed E-state index contributed by atoms with van der Waals surface area (Å²) in [6, 6.07) is 0.0581. The first-order valence-corrected chi connectivity index (χ1v) is 10.2. The monoisotopic (exact) mass is 377 g/mol. The number of aromatic amines is 1. The topological polar surface area (TPSA) is 79.3 Å². The molecule has 3 N–H and O–H groups in total. The minimum Gasteiger partial charge on any atom is -0.349 e. The Morgan fingerprint density at radius 2 is 2.15 bits per heavy atom. The Hall–Kier alpha value is -1.73. The molecule has 0 bridgehead atoms. The fourth-order valence-electron chi connectivity index (χ4n) is 3.58. The number of quaternary nitrogens is 1. The molecule has 1 unspecified atom stereocenters. The number of thiophene rings is 1. The standard InChI is InChI=1S/C19H28N4O2S/c1-10(2)20-15(24)9-23(5)12(4)17-21-18(25)16-13-7-6-11(3)8-14(13)26-19(16)22-17/h10-12H,6-9H2,1-5H3,(H,20,24)(H,21,22,25)/p+1/t11-,12+/m1/s1. The lowest BCUT2D eigenvalue weighted by Crippen LogP contribution is -3.10. The van der Waals surface area contributed by atoms with Gasteiger partial charge in [-0.1, -0.05) is 6.92 Å². The van der Waals surface area contributed by atoms with Crippen LogP contribution in [-0.4, -0.2) is 35.5 Å². The molecule has 1 amide bonds. The summed E-state index contributed by atoms with van der Waals surface area (Å²) < 4.78 is 0. The number of hydrogen-bond acceptors (Lipinski definition) is 4. The first-order chi connectivity index (χ1) is 12.3. The summed E-state index contributed by atoms with van der Waals surface area (Å²) in [6.45, 7) is 8.50. The number of nitrogens with one attached hydrogen (secondary N) is 3. The molecule has 3 rings (SSSR count). The van der Waals surface area contributed by atoms with Crippen LogP contribution >= 0.6 is 11.3 Å². The fraction of sp³-hybridized carbons (Fsp3) is 0.632. The number of carbonyl (C=O) groups excluding carboxylic acids is 1. The van der Waals surface area contributed by atoms with Gasteiger partial charge in [0.1, 0.15) is 10.9 Å². The first-order valence-electron chi connectivity index (χ1n) is 9.42. The molecule has 2 aromatic rings. The third-order valence-electron chi connectivity index (χ3n) is 5.22. The molecule has 1 aliphatic carbocycles. The number of amides is 1. The van der Waals surface area contributed by atoms with Gasteiger partial charge < -0.3 is 15.2 Å². The van der Waals surface area contributed by atoms with Crippen LogP contribution < -0.4 is 15.8 Å². The molecule has 0 aromatic carbocycles. The van der Waals surface area contributed by atoms with Gasteiger partial charge in [-0.15, -0.1) is 11.3 Å². The summed E-state index contributed by atoms with van der Waals surface area (Å²) in [5.41, 5.74) is 1.16. The zero-order valence-electron chi connectivity index (χ0n) is 16.2. The van der Waals surface area contributed by atoms with Crippen molar-refractivity contribution in [2.24, 2.45) is 5.92 Å². The number of nitrogens with zero attached hydrogens (tertiary/aromatic N) is 1. The molecular formula is C19H29N4O2S+. The van der Waals surface area contributed by atoms with Gasteiger partial charge >= 0.3 is 0 Å². The van der Waals surface area contributed by atoms with E-state index in [9.17, 15) is 9.59 Å². The molecule has 26 heavy (non-hydrogen) atoms. The minimum atomic E-state index is -0.0666. The molecule has 0 saturated carbocycles. The van der Waals surface area contributed by atoms with Gasteiger partial charge in [0.25, 0.3) is 11.5 Å². The van der Waals surface area contributed by atoms with E-state index in [-0.39, 0.29) is 23.6 Å². The summed E-state index contributed by atoms with van der Waals surface area (Å²) in [5, 5.41) is 3.69. The Bertz CT molecular complexity index is 870. The highest BCUT2D eigenvalue weighted by Gasteiger charge is 2.26. The zero-order valence-corrected chi connectivity index (χ0v) is 17.0. The van der Waals surface area contributed by atoms with E-state index in [0.29, 0.717) is 18.3 Å². The maximum absolute atomic E-state index is 12.7. The Kier molecular flexibility index (Phi) is 5.48. The SMILES string of the molecule is CC(C)NC(=O)C[NH+](C)[C@@H](C)c1nc2sc3c(c2c(=O)[nH]1)CC[C@@H](C)C3. The van der Waals surface area contributed by atoms with E-state index in [4.69, 9.17) is 4.98 Å². The maximum Gasteiger partial charge on any atom is 0.275 e. The van der Waals surface area contributed by atoms with Crippen LogP contribution in [0.2, 0.25) is 0 Å². The van der Waals surface area contributed by atoms with Crippen molar-refractivity contribution in [3.63, 3.8) is 0 Å². The van der Waals surface area contributed by atoms with Crippen molar-refractivity contribution < 1.29 is 9.69 Å². The summed E-state index contributed by atoms with van der Waals surface area (Å²) in [6.07, 6.45) is 3.15. The molecule has 0 radical (unpaired) electrons. The second-order valence-electron chi connectivity index (χ2n) is 7.95. The molecule has 7 heteroatoms. The number of H-pyrrole nitrogens is 1. The lowest BCUT2D eigenvalue weighted by atomic mass is 9.89. The Morgan fingerprint density at radius 1 is 1.42 bits per heavy atom. The van der Waals surface area contributed by atoms with Crippen LogP contribution in [-0.2, 0) is 17.6 Å². The van der Waals surface area contributed by atoms with E-state index < -0.39 is 0 Å². The number of hydrogen-bond donors (Lipinski definition) is 3. The van der Waals surface area contributed by atoms with Crippen molar-refractivity contribution in [1.29, 1.82) is 0 Å². The third-order valence-corrected chi connectivity index (χ3v) is 6.37. The predicted octanol–water partition coefficient (Wildman–Crippen LogP) is 1.21. The predicted molar refractivity (Wildman–Crippen MR) is 105 cm³/mol. The van der Waals surface area contributed by atoms with Crippen molar-refractivity contribution >= 4 is 27.5 Å². The van der Waals surface area contributed by atoms with Crippen LogP contribution in [0.25, 0.3) is 10.2 Å². The molecule has 0 fully saturated rings. The van der Waals surface area contributed by atoms with Crippen LogP contribution in [0, 0.1) is 5.92 Å². The highest BCUT2D eigenvalue weighted by atomic mass is 32.1. The smallest absolute Gasteiger partial charge is 0.275 e. The second kappa shape index (κ2) is 7.48. The summed E-state index contributed by atoms with van der Waals surface area (Å²) in [4.78, 5) is 35.7. The molecule has 2 aromatic heterocycles. The Balaban J connectivity index is 1.86. The highest BCUT2D eigenvalue weighted by Crippen LogP contribution is 2.35. The summed E-state index contributed by atoms with van der Waals surface area (Å²) in [5.74, 6) is 1.33. The van der Waals surface area contributed by atoms with E-state index in [1.165, 1.54) is 10.4 Å². The van der Waals surface area contributed by atoms with E-state index in [2.05, 4.69) is 17.2 Å². The number of aryl methyl sites for hydroxylation is 1. The van der Waals surface area contributed by atoms with Crippen molar-refractivity contribution in [3.05, 3.63) is 26.6 Å². The second-order valence-corrected chi connectivity index (χ2v) is 9.03. The summed E-state index contributed by atoms with van der Waals surface area (Å²) in [7, 11) is 1.95. The van der Waals surface area contributed by atoms with Crippen molar-refractivity contribution in [2.75, 3.05) is 13.6 Å². The van der Waals surface area contributed by atoms with Crippen LogP contribution in [0.5, 0.6) is 0 Å². The molecule has 3 atom stereocenters. The van der Waals surface area contributed by atoms with Gasteiger partial charge in [-0.2, -0.15) is 0 Å². The summed E-state index contributed by atoms with van der Waals surface area (Å²) >= 11 is 1.66. The average Bonchev–Trinajstić information content (AvgIpc) is 2.90. The Morgan fingerprint density at radius 3 is 2.85 bits per heavy atom. The van der Waals surface area contributed by atoms with Gasteiger partial charge in [0.05, 0.1) is 12.4 Å². The van der Waals surface area contributed by atoms with Crippen LogP contribution in [0.1, 0.15) is 56.4 Å². The molecule has 6 nitrogen and oxygen atoms in total. The van der Waals surface area contributed by atoms with Crippen molar-refractivity contribution in [2.45, 2.75) is 59.0 Å². The molecule has 0 spiro atoms. The number of fused-ring (bicyclic) bond motifs is 3. The highest BCUT2D eigenvalue weighted by molar-refractivity contribution is 7.18. The van der Waals surface area contributed by atoms with Gasteiger partial charge in [0, 0.05) is 10.9 Å². The normalized spacial score (nSPS) is 19.4. The minimum absolute atomic E-state index is 0.00773. The van der Waals surface area contributed by atoms with Gasteiger partial charge in [0.2, 0.25) is 0 Å². The van der Waals surface area contributed by atoms with Crippen LogP contribution in [0.15, 0.2) is 4.79 Å². The van der Waals surface area contributed by atoms with E-state index in [0.717, 1.165) is 34.4 Å². The fourth-order valence-corrected chi connectivity index (χ4v) is 4.97. The lowest BCUT2D eigenvalue weighted by Gasteiger charge is -2.21. The molecule has 0 aliphatic heterocycles. The zero-order chi connectivity index (χ0) is 19.0. The van der Waals surface area contributed by atoms with Gasteiger partial charge in [-0.25, -0.2) is 4.98 Å². The van der Waals surface area contributed by atoms with E-state index in [1.807, 2.05) is 27.8 Å². The first kappa shape index (κ1) is 19.0. The Labute approximate surface area is 158 Å². The van der Waals surface area contributed by atoms with Gasteiger partial charge in [0.15, 0.2) is 12.4 Å². The maximum atomic E-state index is 12.7. The number of carbonyl (C=O) groups is 1. The quantitative estimate of drug-likeness (QED) is 0.733. The number of likely N-dealkylation sites (N-methyl/N-ethyl adjacent to an activating group) is 1. The van der Waals surface area contributed by atoms with Crippen LogP contribution in [0.4, 0.5) is 0 Å². The average molecular weight is 378 g/mol. The van der Waals surface area contributed by atoms with E-state index >= 15 is 0 Å². The number of aromatic nitrogens is 2.